The standard InChI is InChI=1S/C15H22N2O/c1-2-12-17-15(16)14(18-12)13-10-4-8-3-9(6-10)7-11(13)5-8/h8-11,13H,2-7,16H2,1H3. The number of hydrogen-bond acceptors (Lipinski definition) is 3. The summed E-state index contributed by atoms with van der Waals surface area (Å²) in [4.78, 5) is 4.37. The van der Waals surface area contributed by atoms with E-state index >= 15 is 0 Å². The van der Waals surface area contributed by atoms with Crippen LogP contribution in [-0.4, -0.2) is 4.98 Å². The molecule has 0 amide bonds. The fourth-order valence-electron chi connectivity index (χ4n) is 5.13. The second kappa shape index (κ2) is 3.75. The maximum absolute atomic E-state index is 6.09. The molecule has 4 fully saturated rings. The van der Waals surface area contributed by atoms with Crippen molar-refractivity contribution < 1.29 is 4.42 Å². The summed E-state index contributed by atoms with van der Waals surface area (Å²) >= 11 is 0. The summed E-state index contributed by atoms with van der Waals surface area (Å²) in [7, 11) is 0. The number of rotatable bonds is 2. The number of nitrogen functional groups attached to an aromatic ring is 1. The van der Waals surface area contributed by atoms with Gasteiger partial charge in [-0.1, -0.05) is 6.92 Å². The van der Waals surface area contributed by atoms with E-state index in [1.807, 2.05) is 0 Å². The van der Waals surface area contributed by atoms with E-state index in [1.54, 1.807) is 0 Å². The summed E-state index contributed by atoms with van der Waals surface area (Å²) in [6.07, 6.45) is 7.94. The first-order valence-electron chi connectivity index (χ1n) is 7.49. The van der Waals surface area contributed by atoms with Crippen LogP contribution in [0.4, 0.5) is 5.82 Å². The van der Waals surface area contributed by atoms with Gasteiger partial charge in [0.2, 0.25) is 0 Å². The lowest BCUT2D eigenvalue weighted by atomic mass is 9.51. The van der Waals surface area contributed by atoms with E-state index in [-0.39, 0.29) is 0 Å². The minimum Gasteiger partial charge on any atom is -0.443 e. The van der Waals surface area contributed by atoms with Crippen LogP contribution in [0.2, 0.25) is 0 Å². The van der Waals surface area contributed by atoms with Gasteiger partial charge in [-0.15, -0.1) is 0 Å². The minimum absolute atomic E-state index is 0.575. The third-order valence-electron chi connectivity index (χ3n) is 5.56. The van der Waals surface area contributed by atoms with Gasteiger partial charge >= 0.3 is 0 Å². The number of hydrogen-bond donors (Lipinski definition) is 1. The van der Waals surface area contributed by atoms with Crippen molar-refractivity contribution in [3.8, 4) is 0 Å². The molecule has 0 spiro atoms. The molecule has 0 aromatic carbocycles. The van der Waals surface area contributed by atoms with Crippen LogP contribution < -0.4 is 5.73 Å². The highest BCUT2D eigenvalue weighted by Gasteiger charge is 2.50. The summed E-state index contributed by atoms with van der Waals surface area (Å²) in [5.74, 6) is 6.73. The first-order valence-corrected chi connectivity index (χ1v) is 7.49. The predicted molar refractivity (Wildman–Crippen MR) is 70.1 cm³/mol. The van der Waals surface area contributed by atoms with Crippen LogP contribution in [-0.2, 0) is 6.42 Å². The number of aromatic nitrogens is 1. The summed E-state index contributed by atoms with van der Waals surface area (Å²) in [5, 5.41) is 0. The second-order valence-electron chi connectivity index (χ2n) is 6.67. The van der Waals surface area contributed by atoms with Crippen LogP contribution >= 0.6 is 0 Å². The molecule has 4 saturated carbocycles. The highest BCUT2D eigenvalue weighted by Crippen LogP contribution is 2.60. The Labute approximate surface area is 108 Å². The Bertz CT molecular complexity index is 437. The molecule has 1 aromatic heterocycles. The molecule has 98 valence electrons. The van der Waals surface area contributed by atoms with Gasteiger partial charge in [-0.2, -0.15) is 4.98 Å². The van der Waals surface area contributed by atoms with Crippen LogP contribution in [0.15, 0.2) is 4.42 Å². The number of anilines is 1. The van der Waals surface area contributed by atoms with Crippen molar-refractivity contribution in [2.45, 2.75) is 51.4 Å². The van der Waals surface area contributed by atoms with Crippen molar-refractivity contribution in [1.29, 1.82) is 0 Å². The van der Waals surface area contributed by atoms with Crippen LogP contribution in [0.25, 0.3) is 0 Å². The Balaban J connectivity index is 1.69. The molecule has 3 nitrogen and oxygen atoms in total. The largest absolute Gasteiger partial charge is 0.443 e. The van der Waals surface area contributed by atoms with Gasteiger partial charge in [-0.25, -0.2) is 0 Å². The summed E-state index contributed by atoms with van der Waals surface area (Å²) in [6.45, 7) is 2.08. The molecule has 4 aliphatic carbocycles. The Kier molecular flexibility index (Phi) is 2.27. The van der Waals surface area contributed by atoms with Gasteiger partial charge in [-0.3, -0.25) is 0 Å². The molecule has 4 aliphatic rings. The van der Waals surface area contributed by atoms with Crippen LogP contribution in [0, 0.1) is 23.7 Å². The van der Waals surface area contributed by atoms with E-state index in [0.29, 0.717) is 11.7 Å². The highest BCUT2D eigenvalue weighted by atomic mass is 16.4. The lowest BCUT2D eigenvalue weighted by Gasteiger charge is -2.53. The molecule has 1 aromatic rings. The zero-order valence-electron chi connectivity index (χ0n) is 11.1. The SMILES string of the molecule is CCc1nc(N)c(C2C3CC4CC(C3)CC2C4)o1. The van der Waals surface area contributed by atoms with Crippen LogP contribution in [0.1, 0.15) is 56.6 Å². The first-order chi connectivity index (χ1) is 8.74. The third-order valence-corrected chi connectivity index (χ3v) is 5.56. The molecule has 18 heavy (non-hydrogen) atoms. The molecule has 0 radical (unpaired) electrons. The number of oxazole rings is 1. The average Bonchev–Trinajstić information content (AvgIpc) is 2.69. The fraction of sp³-hybridized carbons (Fsp3) is 0.800. The van der Waals surface area contributed by atoms with E-state index in [9.17, 15) is 0 Å². The van der Waals surface area contributed by atoms with Crippen molar-refractivity contribution >= 4 is 5.82 Å². The Hall–Kier alpha value is -0.990. The lowest BCUT2D eigenvalue weighted by molar-refractivity contribution is -0.00959. The fourth-order valence-corrected chi connectivity index (χ4v) is 5.13. The molecule has 0 aliphatic heterocycles. The molecule has 0 atom stereocenters. The minimum atomic E-state index is 0.575. The average molecular weight is 246 g/mol. The summed E-state index contributed by atoms with van der Waals surface area (Å²) in [5.41, 5.74) is 6.09. The second-order valence-corrected chi connectivity index (χ2v) is 6.67. The number of nitrogens with two attached hydrogens (primary N) is 1. The van der Waals surface area contributed by atoms with Crippen molar-refractivity contribution in [3.63, 3.8) is 0 Å². The molecule has 5 rings (SSSR count). The third kappa shape index (κ3) is 1.45. The molecular formula is C15H22N2O. The van der Waals surface area contributed by atoms with Gasteiger partial charge in [0, 0.05) is 12.3 Å². The van der Waals surface area contributed by atoms with Crippen molar-refractivity contribution in [1.82, 2.24) is 4.98 Å². The summed E-state index contributed by atoms with van der Waals surface area (Å²) in [6, 6.07) is 0. The normalized spacial score (nSPS) is 41.5. The van der Waals surface area contributed by atoms with Crippen LogP contribution in [0.3, 0.4) is 0 Å². The predicted octanol–water partition coefficient (Wildman–Crippen LogP) is 3.36. The first kappa shape index (κ1) is 10.9. The molecule has 4 bridgehead atoms. The van der Waals surface area contributed by atoms with E-state index in [4.69, 9.17) is 10.2 Å². The van der Waals surface area contributed by atoms with Crippen molar-refractivity contribution in [2.75, 3.05) is 5.73 Å². The molecule has 3 heteroatoms. The topological polar surface area (TPSA) is 52.0 Å². The van der Waals surface area contributed by atoms with E-state index in [2.05, 4.69) is 11.9 Å². The Morgan fingerprint density at radius 3 is 2.22 bits per heavy atom. The van der Waals surface area contributed by atoms with Gasteiger partial charge in [-0.05, 0) is 55.8 Å². The quantitative estimate of drug-likeness (QED) is 0.870. The Morgan fingerprint density at radius 1 is 1.11 bits per heavy atom. The van der Waals surface area contributed by atoms with Crippen molar-refractivity contribution in [3.05, 3.63) is 11.7 Å². The van der Waals surface area contributed by atoms with Gasteiger partial charge < -0.3 is 10.2 Å². The summed E-state index contributed by atoms with van der Waals surface area (Å²) < 4.78 is 5.95. The van der Waals surface area contributed by atoms with E-state index in [0.717, 1.165) is 41.7 Å². The zero-order chi connectivity index (χ0) is 12.3. The monoisotopic (exact) mass is 246 g/mol. The van der Waals surface area contributed by atoms with Crippen LogP contribution in [0.5, 0.6) is 0 Å². The van der Waals surface area contributed by atoms with E-state index in [1.165, 1.54) is 32.1 Å². The smallest absolute Gasteiger partial charge is 0.196 e. The number of aryl methyl sites for hydroxylation is 1. The molecule has 1 heterocycles. The van der Waals surface area contributed by atoms with Gasteiger partial charge in [0.05, 0.1) is 0 Å². The molecule has 0 unspecified atom stereocenters. The van der Waals surface area contributed by atoms with Gasteiger partial charge in [0.25, 0.3) is 0 Å². The molecular weight excluding hydrogens is 224 g/mol. The maximum Gasteiger partial charge on any atom is 0.196 e. The van der Waals surface area contributed by atoms with Gasteiger partial charge in [0.15, 0.2) is 17.5 Å². The maximum atomic E-state index is 6.09. The van der Waals surface area contributed by atoms with Gasteiger partial charge in [0.1, 0.15) is 0 Å². The molecule has 2 N–H and O–H groups in total. The Morgan fingerprint density at radius 2 is 1.72 bits per heavy atom. The molecule has 0 saturated heterocycles. The highest BCUT2D eigenvalue weighted by molar-refractivity contribution is 5.37. The van der Waals surface area contributed by atoms with Crippen molar-refractivity contribution in [2.24, 2.45) is 23.7 Å². The zero-order valence-corrected chi connectivity index (χ0v) is 11.1. The van der Waals surface area contributed by atoms with E-state index < -0.39 is 0 Å². The lowest BCUT2D eigenvalue weighted by Crippen LogP contribution is -2.43. The number of nitrogens with zero attached hydrogens (tertiary/aromatic N) is 1.